The Bertz CT molecular complexity index is 850. The van der Waals surface area contributed by atoms with Crippen molar-refractivity contribution in [2.75, 3.05) is 0 Å². The Balaban J connectivity index is 0.000000735. The summed E-state index contributed by atoms with van der Waals surface area (Å²) in [5, 5.41) is 9.54. The third-order valence-corrected chi connectivity index (χ3v) is 4.54. The number of nitrogens with zero attached hydrogens (tertiary/aromatic N) is 3. The van der Waals surface area contributed by atoms with Gasteiger partial charge in [0.2, 0.25) is 0 Å². The van der Waals surface area contributed by atoms with E-state index in [4.69, 9.17) is 45.2 Å². The molecule has 3 aromatic rings. The molecule has 3 rings (SSSR count). The van der Waals surface area contributed by atoms with Crippen molar-refractivity contribution in [1.82, 2.24) is 4.98 Å². The van der Waals surface area contributed by atoms with Crippen LogP contribution in [0.25, 0.3) is 10.6 Å². The number of rotatable bonds is 6. The van der Waals surface area contributed by atoms with Crippen LogP contribution in [0, 0.1) is 27.7 Å². The molecule has 0 N–H and O–H groups in total. The fourth-order valence-corrected chi connectivity index (χ4v) is 3.14. The van der Waals surface area contributed by atoms with E-state index in [-0.39, 0.29) is 0 Å². The van der Waals surface area contributed by atoms with Crippen molar-refractivity contribution in [2.45, 2.75) is 40.8 Å². The summed E-state index contributed by atoms with van der Waals surface area (Å²) in [5.74, 6) is 0. The molecule has 0 aliphatic rings. The van der Waals surface area contributed by atoms with Crippen molar-refractivity contribution in [2.24, 2.45) is 0 Å². The van der Waals surface area contributed by atoms with Gasteiger partial charge >= 0.3 is 41.8 Å². The maximum absolute atomic E-state index is 4.95. The molecular weight excluding hydrogens is 476 g/mol. The molecule has 0 atom stereocenters. The number of hydrogen-bond acceptors (Lipinski definition) is 1. The monoisotopic (exact) mass is 499 g/mol. The van der Waals surface area contributed by atoms with E-state index in [9.17, 15) is 0 Å². The standard InChI is InChI=1S/C23H25N3.3ClH.V/c1-16-8-5-9-17(2)22(16)24-14-20-12-7-13-21(26-20)15-25-23-18(3)10-6-11-19(23)4;;;;/h5-13H,14-15H2,1-4H3;3*1H;/q-2;;;;+3/p-3. The van der Waals surface area contributed by atoms with Gasteiger partial charge in [0.05, 0.1) is 0 Å². The molecule has 160 valence electrons. The Labute approximate surface area is 197 Å². The van der Waals surface area contributed by atoms with E-state index in [1.807, 2.05) is 18.2 Å². The number of aryl methyl sites for hydroxylation is 4. The summed E-state index contributed by atoms with van der Waals surface area (Å²) in [6.07, 6.45) is 0. The summed E-state index contributed by atoms with van der Waals surface area (Å²) in [5.41, 5.74) is 8.89. The van der Waals surface area contributed by atoms with Gasteiger partial charge in [-0.15, -0.1) is 11.4 Å². The van der Waals surface area contributed by atoms with Crippen LogP contribution in [0.4, 0.5) is 11.4 Å². The van der Waals surface area contributed by atoms with E-state index < -0.39 is 12.3 Å². The van der Waals surface area contributed by atoms with Crippen molar-refractivity contribution < 1.29 is 12.3 Å². The van der Waals surface area contributed by atoms with Crippen LogP contribution >= 0.6 is 29.5 Å². The van der Waals surface area contributed by atoms with Crippen LogP contribution in [0.3, 0.4) is 0 Å². The first-order chi connectivity index (χ1) is 14.3. The molecule has 0 fully saturated rings. The fraction of sp³-hybridized carbons (Fsp3) is 0.261. The zero-order valence-electron chi connectivity index (χ0n) is 17.5. The summed E-state index contributed by atoms with van der Waals surface area (Å²) < 4.78 is 0. The third kappa shape index (κ3) is 8.05. The van der Waals surface area contributed by atoms with E-state index in [2.05, 4.69) is 64.1 Å². The number of halogens is 3. The summed E-state index contributed by atoms with van der Waals surface area (Å²) in [4.78, 5) is 4.73. The minimum absolute atomic E-state index is 0.586. The molecule has 0 aliphatic heterocycles. The summed E-state index contributed by atoms with van der Waals surface area (Å²) in [6.45, 7) is 9.56. The van der Waals surface area contributed by atoms with Crippen molar-refractivity contribution in [3.05, 3.63) is 98.9 Å². The molecule has 0 saturated carbocycles. The molecule has 30 heavy (non-hydrogen) atoms. The molecule has 0 amide bonds. The van der Waals surface area contributed by atoms with Crippen LogP contribution < -0.4 is 0 Å². The number of aromatic nitrogens is 1. The van der Waals surface area contributed by atoms with E-state index in [1.54, 1.807) is 0 Å². The molecule has 0 saturated heterocycles. The van der Waals surface area contributed by atoms with Crippen molar-refractivity contribution >= 4 is 40.9 Å². The summed E-state index contributed by atoms with van der Waals surface area (Å²) in [7, 11) is 14.9. The maximum atomic E-state index is 4.95. The Hall–Kier alpha value is -1.36. The Morgan fingerprint density at radius 1 is 0.633 bits per heavy atom. The molecule has 7 heteroatoms. The van der Waals surface area contributed by atoms with Crippen LogP contribution in [0.15, 0.2) is 54.6 Å². The number of benzene rings is 2. The second-order valence-electron chi connectivity index (χ2n) is 6.93. The van der Waals surface area contributed by atoms with Crippen LogP contribution in [-0.4, -0.2) is 4.98 Å². The van der Waals surface area contributed by atoms with Gasteiger partial charge in [-0.2, -0.15) is 0 Å². The van der Waals surface area contributed by atoms with Gasteiger partial charge < -0.3 is 10.6 Å². The van der Waals surface area contributed by atoms with Crippen LogP contribution in [0.2, 0.25) is 0 Å². The van der Waals surface area contributed by atoms with Gasteiger partial charge in [0.25, 0.3) is 0 Å². The predicted molar refractivity (Wildman–Crippen MR) is 127 cm³/mol. The van der Waals surface area contributed by atoms with Crippen molar-refractivity contribution in [3.8, 4) is 0 Å². The van der Waals surface area contributed by atoms with Gasteiger partial charge in [-0.25, -0.2) is 0 Å². The second kappa shape index (κ2) is 12.5. The van der Waals surface area contributed by atoms with Gasteiger partial charge in [0, 0.05) is 11.4 Å². The molecule has 0 radical (unpaired) electrons. The fourth-order valence-electron chi connectivity index (χ4n) is 3.14. The van der Waals surface area contributed by atoms with Crippen LogP contribution in [0.1, 0.15) is 33.6 Å². The van der Waals surface area contributed by atoms with Crippen molar-refractivity contribution in [1.29, 1.82) is 0 Å². The molecule has 2 aromatic carbocycles. The van der Waals surface area contributed by atoms with Gasteiger partial charge in [-0.1, -0.05) is 77.8 Å². The molecule has 0 aliphatic carbocycles. The van der Waals surface area contributed by atoms with Gasteiger partial charge in [-0.05, 0) is 39.8 Å². The van der Waals surface area contributed by atoms with Gasteiger partial charge in [0.1, 0.15) is 0 Å². The van der Waals surface area contributed by atoms with Crippen LogP contribution in [-0.2, 0) is 25.4 Å². The molecule has 0 spiro atoms. The second-order valence-corrected chi connectivity index (χ2v) is 13.8. The molecule has 0 bridgehead atoms. The average molecular weight is 501 g/mol. The van der Waals surface area contributed by atoms with Gasteiger partial charge in [0.15, 0.2) is 0 Å². The zero-order valence-corrected chi connectivity index (χ0v) is 21.2. The SMILES string of the molecule is Cc1cccc(C)c1[N-]Cc1cccc(C[N-]c2c(C)cccc2C)n1.[Cl][V]([Cl])[Cl]. The Kier molecular flexibility index (Phi) is 10.4. The molecule has 0 unspecified atom stereocenters. The molecular formula is C23H25Cl3N3V-2. The normalized spacial score (nSPS) is 10.4. The van der Waals surface area contributed by atoms with E-state index in [0.717, 1.165) is 22.8 Å². The summed E-state index contributed by atoms with van der Waals surface area (Å²) in [6, 6.07) is 18.6. The van der Waals surface area contributed by atoms with E-state index in [0.29, 0.717) is 13.1 Å². The number of para-hydroxylation sites is 2. The van der Waals surface area contributed by atoms with E-state index in [1.165, 1.54) is 22.3 Å². The first-order valence-corrected chi connectivity index (χ1v) is 15.2. The first-order valence-electron chi connectivity index (χ1n) is 9.47. The Morgan fingerprint density at radius 3 is 1.27 bits per heavy atom. The average Bonchev–Trinajstić information content (AvgIpc) is 2.67. The minimum atomic E-state index is -1.77. The molecule has 1 aromatic heterocycles. The van der Waals surface area contributed by atoms with Crippen LogP contribution in [0.5, 0.6) is 0 Å². The number of pyridine rings is 1. The van der Waals surface area contributed by atoms with E-state index >= 15 is 0 Å². The first kappa shape index (κ1) is 24.9. The summed E-state index contributed by atoms with van der Waals surface area (Å²) >= 11 is -1.77. The number of hydrogen-bond donors (Lipinski definition) is 0. The predicted octanol–water partition coefficient (Wildman–Crippen LogP) is 8.79. The zero-order chi connectivity index (χ0) is 22.1. The Morgan fingerprint density at radius 2 is 0.933 bits per heavy atom. The quantitative estimate of drug-likeness (QED) is 0.333. The molecule has 3 nitrogen and oxygen atoms in total. The van der Waals surface area contributed by atoms with Gasteiger partial charge in [-0.3, -0.25) is 4.98 Å². The third-order valence-electron chi connectivity index (χ3n) is 4.54. The molecule has 1 heterocycles. The van der Waals surface area contributed by atoms with Crippen molar-refractivity contribution in [3.63, 3.8) is 0 Å². The topological polar surface area (TPSA) is 41.1 Å².